The third-order valence-electron chi connectivity index (χ3n) is 1.30. The maximum atomic E-state index is 10.7. The molecule has 0 rings (SSSR count). The minimum atomic E-state index is -3.11. The molecule has 5 heteroatoms. The van der Waals surface area contributed by atoms with Crippen LogP contribution in [0.3, 0.4) is 0 Å². The van der Waals surface area contributed by atoms with Crippen LogP contribution in [0.15, 0.2) is 0 Å². The molecule has 12 heavy (non-hydrogen) atoms. The van der Waals surface area contributed by atoms with Crippen LogP contribution in [0.1, 0.15) is 20.8 Å². The van der Waals surface area contributed by atoms with Gasteiger partial charge in [-0.3, -0.25) is 0 Å². The summed E-state index contributed by atoms with van der Waals surface area (Å²) < 4.78 is 29.1. The van der Waals surface area contributed by atoms with Crippen molar-refractivity contribution in [3.05, 3.63) is 0 Å². The Morgan fingerprint density at radius 3 is 2.25 bits per heavy atom. The summed E-state index contributed by atoms with van der Waals surface area (Å²) in [7, 11) is -3.11. The third-order valence-corrected chi connectivity index (χ3v) is 1.96. The van der Waals surface area contributed by atoms with Gasteiger partial charge in [0.1, 0.15) is 0 Å². The first-order chi connectivity index (χ1) is 5.27. The Balaban J connectivity index is 3.92. The molecule has 0 amide bonds. The Kier molecular flexibility index (Phi) is 4.16. The Morgan fingerprint density at radius 1 is 1.42 bits per heavy atom. The second-order valence-corrected chi connectivity index (χ2v) is 5.12. The minimum absolute atomic E-state index is 0.305. The Hall–Kier alpha value is -0.130. The largest absolute Gasteiger partial charge is 0.375 e. The van der Waals surface area contributed by atoms with Crippen LogP contribution >= 0.6 is 0 Å². The van der Waals surface area contributed by atoms with Gasteiger partial charge in [0.15, 0.2) is 0 Å². The molecule has 0 aromatic rings. The molecular formula is C7H17NO3S. The number of rotatable bonds is 5. The van der Waals surface area contributed by atoms with E-state index in [1.807, 2.05) is 20.8 Å². The average Bonchev–Trinajstić information content (AvgIpc) is 1.83. The van der Waals surface area contributed by atoms with Crippen LogP contribution in [0.25, 0.3) is 0 Å². The lowest BCUT2D eigenvalue weighted by Gasteiger charge is -2.24. The summed E-state index contributed by atoms with van der Waals surface area (Å²) in [4.78, 5) is 0. The first kappa shape index (κ1) is 11.9. The molecule has 4 nitrogen and oxygen atoms in total. The van der Waals surface area contributed by atoms with Gasteiger partial charge in [0.25, 0.3) is 0 Å². The molecule has 0 atom stereocenters. The van der Waals surface area contributed by atoms with Gasteiger partial charge in [0.05, 0.1) is 11.9 Å². The van der Waals surface area contributed by atoms with Crippen molar-refractivity contribution in [1.82, 2.24) is 4.72 Å². The molecule has 74 valence electrons. The number of nitrogens with one attached hydrogen (secondary N) is 1. The third kappa shape index (κ3) is 6.57. The highest BCUT2D eigenvalue weighted by atomic mass is 32.2. The van der Waals surface area contributed by atoms with Gasteiger partial charge in [-0.1, -0.05) is 0 Å². The zero-order chi connectivity index (χ0) is 9.83. The summed E-state index contributed by atoms with van der Waals surface area (Å²) in [6.45, 7) is 6.45. The van der Waals surface area contributed by atoms with E-state index >= 15 is 0 Å². The van der Waals surface area contributed by atoms with Gasteiger partial charge >= 0.3 is 0 Å². The van der Waals surface area contributed by atoms with E-state index < -0.39 is 15.6 Å². The molecule has 0 aromatic heterocycles. The fourth-order valence-corrected chi connectivity index (χ4v) is 1.36. The number of hydrogen-bond acceptors (Lipinski definition) is 3. The van der Waals surface area contributed by atoms with Crippen LogP contribution in [0, 0.1) is 0 Å². The number of hydrogen-bond donors (Lipinski definition) is 1. The molecule has 0 unspecified atom stereocenters. The molecule has 0 heterocycles. The van der Waals surface area contributed by atoms with Crippen LogP contribution in [0.5, 0.6) is 0 Å². The highest BCUT2D eigenvalue weighted by Crippen LogP contribution is 2.06. The molecule has 0 saturated heterocycles. The van der Waals surface area contributed by atoms with E-state index in [0.29, 0.717) is 13.2 Å². The molecule has 0 aliphatic heterocycles. The lowest BCUT2D eigenvalue weighted by Crippen LogP contribution is -2.40. The molecule has 0 aromatic carbocycles. The van der Waals surface area contributed by atoms with E-state index in [9.17, 15) is 8.42 Å². The molecule has 0 aliphatic rings. The summed E-state index contributed by atoms with van der Waals surface area (Å²) in [5.74, 6) is 0. The number of sulfonamides is 1. The molecule has 0 aliphatic carbocycles. The van der Waals surface area contributed by atoms with Crippen molar-refractivity contribution in [3.63, 3.8) is 0 Å². The van der Waals surface area contributed by atoms with Gasteiger partial charge in [-0.05, 0) is 20.8 Å². The van der Waals surface area contributed by atoms with Gasteiger partial charge < -0.3 is 4.74 Å². The van der Waals surface area contributed by atoms with E-state index in [1.54, 1.807) is 0 Å². The maximum Gasteiger partial charge on any atom is 0.208 e. The summed E-state index contributed by atoms with van der Waals surface area (Å²) in [5.41, 5.74) is -0.433. The molecule has 0 saturated carbocycles. The molecule has 1 N–H and O–H groups in total. The Bertz CT molecular complexity index is 221. The van der Waals surface area contributed by atoms with Gasteiger partial charge in [-0.2, -0.15) is 0 Å². The maximum absolute atomic E-state index is 10.7. The average molecular weight is 195 g/mol. The molecule has 0 radical (unpaired) electrons. The Morgan fingerprint density at radius 2 is 1.92 bits per heavy atom. The van der Waals surface area contributed by atoms with Crippen molar-refractivity contribution in [2.24, 2.45) is 0 Å². The van der Waals surface area contributed by atoms with E-state index in [1.165, 1.54) is 0 Å². The second kappa shape index (κ2) is 4.20. The van der Waals surface area contributed by atoms with E-state index in [-0.39, 0.29) is 0 Å². The van der Waals surface area contributed by atoms with E-state index in [2.05, 4.69) is 4.72 Å². The van der Waals surface area contributed by atoms with Crippen molar-refractivity contribution >= 4 is 10.0 Å². The Labute approximate surface area is 74.4 Å². The van der Waals surface area contributed by atoms with Gasteiger partial charge in [-0.25, -0.2) is 13.1 Å². The summed E-state index contributed by atoms with van der Waals surface area (Å²) in [6, 6.07) is 0. The van der Waals surface area contributed by atoms with Crippen molar-refractivity contribution in [3.8, 4) is 0 Å². The highest BCUT2D eigenvalue weighted by molar-refractivity contribution is 7.88. The van der Waals surface area contributed by atoms with E-state index in [0.717, 1.165) is 6.26 Å². The van der Waals surface area contributed by atoms with Gasteiger partial charge in [0.2, 0.25) is 10.0 Å². The monoisotopic (exact) mass is 195 g/mol. The van der Waals surface area contributed by atoms with Crippen LogP contribution in [0.2, 0.25) is 0 Å². The van der Waals surface area contributed by atoms with Crippen molar-refractivity contribution < 1.29 is 13.2 Å². The summed E-state index contributed by atoms with van der Waals surface area (Å²) in [5, 5.41) is 0. The molecule has 0 fully saturated rings. The SMILES string of the molecule is CCOC(C)(C)CNS(C)(=O)=O. The normalized spacial score (nSPS) is 13.3. The van der Waals surface area contributed by atoms with E-state index in [4.69, 9.17) is 4.74 Å². The zero-order valence-electron chi connectivity index (χ0n) is 8.05. The minimum Gasteiger partial charge on any atom is -0.375 e. The fourth-order valence-electron chi connectivity index (χ4n) is 0.747. The lowest BCUT2D eigenvalue weighted by atomic mass is 10.1. The molecule has 0 bridgehead atoms. The van der Waals surface area contributed by atoms with Crippen LogP contribution in [-0.4, -0.2) is 33.4 Å². The smallest absolute Gasteiger partial charge is 0.208 e. The lowest BCUT2D eigenvalue weighted by molar-refractivity contribution is -0.00512. The topological polar surface area (TPSA) is 55.4 Å². The van der Waals surface area contributed by atoms with Gasteiger partial charge in [-0.15, -0.1) is 0 Å². The van der Waals surface area contributed by atoms with Gasteiger partial charge in [0, 0.05) is 13.2 Å². The standard InChI is InChI=1S/C7H17NO3S/c1-5-11-7(2,3)6-8-12(4,9)10/h8H,5-6H2,1-4H3. The first-order valence-corrected chi connectivity index (χ1v) is 5.74. The van der Waals surface area contributed by atoms with Crippen molar-refractivity contribution in [2.45, 2.75) is 26.4 Å². The highest BCUT2D eigenvalue weighted by Gasteiger charge is 2.18. The fraction of sp³-hybridized carbons (Fsp3) is 1.00. The first-order valence-electron chi connectivity index (χ1n) is 3.85. The van der Waals surface area contributed by atoms with Crippen molar-refractivity contribution in [1.29, 1.82) is 0 Å². The second-order valence-electron chi connectivity index (χ2n) is 3.29. The predicted octanol–water partition coefficient (Wildman–Crippen LogP) is 0.351. The predicted molar refractivity (Wildman–Crippen MR) is 48.6 cm³/mol. The number of ether oxygens (including phenoxy) is 1. The van der Waals surface area contributed by atoms with Crippen LogP contribution in [0.4, 0.5) is 0 Å². The quantitative estimate of drug-likeness (QED) is 0.688. The summed E-state index contributed by atoms with van der Waals surface area (Å²) >= 11 is 0. The van der Waals surface area contributed by atoms with Crippen LogP contribution < -0.4 is 4.72 Å². The zero-order valence-corrected chi connectivity index (χ0v) is 8.86. The molecular weight excluding hydrogens is 178 g/mol. The van der Waals surface area contributed by atoms with Crippen molar-refractivity contribution in [2.75, 3.05) is 19.4 Å². The molecule has 0 spiro atoms. The summed E-state index contributed by atoms with van der Waals surface area (Å²) in [6.07, 6.45) is 1.13. The van der Waals surface area contributed by atoms with Crippen LogP contribution in [-0.2, 0) is 14.8 Å².